The van der Waals surface area contributed by atoms with Crippen molar-refractivity contribution in [1.82, 2.24) is 0 Å². The Labute approximate surface area is 118 Å². The van der Waals surface area contributed by atoms with Gasteiger partial charge in [0.1, 0.15) is 17.1 Å². The lowest BCUT2D eigenvalue weighted by atomic mass is 10.0. The zero-order valence-corrected chi connectivity index (χ0v) is 12.9. The highest BCUT2D eigenvalue weighted by atomic mass is 79.9. The van der Waals surface area contributed by atoms with E-state index in [1.165, 1.54) is 0 Å². The summed E-state index contributed by atoms with van der Waals surface area (Å²) in [6, 6.07) is 5.32. The number of ketones is 1. The minimum absolute atomic E-state index is 0.0169. The number of Topliss-reactive ketones (excluding diaryl/α,β-unsaturated/α-hetero) is 1. The van der Waals surface area contributed by atoms with E-state index in [1.807, 2.05) is 0 Å². The molecule has 1 aromatic carbocycles. The largest absolute Gasteiger partial charge is 0.496 e. The van der Waals surface area contributed by atoms with Gasteiger partial charge >= 0.3 is 0 Å². The molecule has 0 saturated heterocycles. The minimum Gasteiger partial charge on any atom is -0.496 e. The zero-order chi connectivity index (χ0) is 12.8. The molecule has 0 amide bonds. The highest BCUT2D eigenvalue weighted by molar-refractivity contribution is 9.24. The van der Waals surface area contributed by atoms with Crippen LogP contribution in [0.2, 0.25) is 0 Å². The second-order valence-electron chi connectivity index (χ2n) is 3.39. The maximum absolute atomic E-state index is 12.1. The quantitative estimate of drug-likeness (QED) is 0.568. The van der Waals surface area contributed by atoms with Gasteiger partial charge in [0.2, 0.25) is 0 Å². The maximum Gasteiger partial charge on any atom is 0.170 e. The van der Waals surface area contributed by atoms with E-state index in [4.69, 9.17) is 9.47 Å². The summed E-state index contributed by atoms with van der Waals surface area (Å²) in [5.74, 6) is 1.12. The Kier molecular flexibility index (Phi) is 5.98. The van der Waals surface area contributed by atoms with E-state index < -0.39 is 0 Å². The Morgan fingerprint density at radius 2 is 1.76 bits per heavy atom. The summed E-state index contributed by atoms with van der Waals surface area (Å²) in [4.78, 5) is 12.1. The molecule has 0 fully saturated rings. The molecule has 1 rings (SSSR count). The summed E-state index contributed by atoms with van der Waals surface area (Å²) in [5, 5.41) is 0. The monoisotopic (exact) mass is 364 g/mol. The van der Waals surface area contributed by atoms with Gasteiger partial charge in [0.05, 0.1) is 18.0 Å². The number of carbonyl (C=O) groups excluding carboxylic acids is 1. The molecule has 0 unspecified atom stereocenters. The molecular weight excluding hydrogens is 352 g/mol. The van der Waals surface area contributed by atoms with Crippen LogP contribution < -0.4 is 9.47 Å². The third kappa shape index (κ3) is 4.00. The van der Waals surface area contributed by atoms with Gasteiger partial charge in [-0.1, -0.05) is 37.9 Å². The fourth-order valence-corrected chi connectivity index (χ4v) is 1.95. The number of hydrogen-bond donors (Lipinski definition) is 0. The van der Waals surface area contributed by atoms with Gasteiger partial charge in [0.15, 0.2) is 5.78 Å². The average Bonchev–Trinajstić information content (AvgIpc) is 2.34. The fourth-order valence-electron chi connectivity index (χ4n) is 1.49. The lowest BCUT2D eigenvalue weighted by molar-refractivity contribution is 0.0975. The van der Waals surface area contributed by atoms with Crippen LogP contribution in [0.5, 0.6) is 11.5 Å². The first-order valence-electron chi connectivity index (χ1n) is 5.12. The van der Waals surface area contributed by atoms with Crippen LogP contribution in [0.4, 0.5) is 0 Å². The van der Waals surface area contributed by atoms with Gasteiger partial charge < -0.3 is 9.47 Å². The molecule has 0 bridgehead atoms. The summed E-state index contributed by atoms with van der Waals surface area (Å²) in [7, 11) is 3.09. The van der Waals surface area contributed by atoms with Gasteiger partial charge in [0, 0.05) is 6.42 Å². The van der Waals surface area contributed by atoms with Crippen LogP contribution in [0.25, 0.3) is 0 Å². The molecule has 0 saturated carbocycles. The Hall–Kier alpha value is -0.550. The van der Waals surface area contributed by atoms with Crippen molar-refractivity contribution in [2.45, 2.75) is 16.6 Å². The lowest BCUT2D eigenvalue weighted by Crippen LogP contribution is -2.06. The van der Waals surface area contributed by atoms with E-state index in [0.717, 1.165) is 0 Å². The van der Waals surface area contributed by atoms with Crippen molar-refractivity contribution in [2.75, 3.05) is 14.2 Å². The summed E-state index contributed by atoms with van der Waals surface area (Å²) >= 11 is 6.70. The second-order valence-corrected chi connectivity index (χ2v) is 6.83. The number of carbonyl (C=O) groups is 1. The molecule has 0 heterocycles. The molecule has 0 radical (unpaired) electrons. The molecule has 0 aromatic heterocycles. The number of halogens is 2. The van der Waals surface area contributed by atoms with Gasteiger partial charge in [-0.3, -0.25) is 4.79 Å². The molecule has 17 heavy (non-hydrogen) atoms. The average molecular weight is 366 g/mol. The van der Waals surface area contributed by atoms with Crippen molar-refractivity contribution in [3.8, 4) is 11.5 Å². The van der Waals surface area contributed by atoms with Crippen molar-refractivity contribution in [2.24, 2.45) is 0 Å². The Bertz CT molecular complexity index is 369. The van der Waals surface area contributed by atoms with Crippen molar-refractivity contribution in [1.29, 1.82) is 0 Å². The number of alkyl halides is 2. The van der Waals surface area contributed by atoms with Gasteiger partial charge in [-0.25, -0.2) is 0 Å². The van der Waals surface area contributed by atoms with Crippen LogP contribution >= 0.6 is 31.9 Å². The summed E-state index contributed by atoms with van der Waals surface area (Å²) < 4.78 is 10.5. The van der Waals surface area contributed by atoms with Gasteiger partial charge in [-0.15, -0.1) is 0 Å². The highest BCUT2D eigenvalue weighted by Crippen LogP contribution is 2.30. The number of methoxy groups -OCH3 is 2. The second kappa shape index (κ2) is 7.01. The SMILES string of the molecule is COc1cccc(OC)c1C(=O)CCC(Br)Br. The molecule has 0 spiro atoms. The van der Waals surface area contributed by atoms with Crippen molar-refractivity contribution in [3.05, 3.63) is 23.8 Å². The van der Waals surface area contributed by atoms with Gasteiger partial charge in [-0.05, 0) is 18.6 Å². The molecule has 0 aliphatic rings. The summed E-state index contributed by atoms with van der Waals surface area (Å²) in [6.45, 7) is 0. The minimum atomic E-state index is 0.0169. The van der Waals surface area contributed by atoms with Gasteiger partial charge in [0.25, 0.3) is 0 Å². The van der Waals surface area contributed by atoms with Crippen LogP contribution in [0.1, 0.15) is 23.2 Å². The van der Waals surface area contributed by atoms with Crippen LogP contribution in [-0.4, -0.2) is 23.7 Å². The Morgan fingerprint density at radius 3 is 2.18 bits per heavy atom. The zero-order valence-electron chi connectivity index (χ0n) is 9.70. The number of ether oxygens (including phenoxy) is 2. The normalized spacial score (nSPS) is 10.4. The predicted molar refractivity (Wildman–Crippen MR) is 74.8 cm³/mol. The number of hydrogen-bond acceptors (Lipinski definition) is 3. The van der Waals surface area contributed by atoms with Crippen molar-refractivity contribution < 1.29 is 14.3 Å². The maximum atomic E-state index is 12.1. The third-order valence-corrected chi connectivity index (χ3v) is 3.21. The molecule has 3 nitrogen and oxygen atoms in total. The Morgan fingerprint density at radius 1 is 1.24 bits per heavy atom. The molecule has 0 atom stereocenters. The molecule has 94 valence electrons. The first-order chi connectivity index (χ1) is 8.10. The predicted octanol–water partition coefficient (Wildman–Crippen LogP) is 3.78. The number of benzene rings is 1. The lowest BCUT2D eigenvalue weighted by Gasteiger charge is -2.12. The molecular formula is C12H14Br2O3. The molecule has 0 aliphatic carbocycles. The third-order valence-electron chi connectivity index (χ3n) is 2.30. The van der Waals surface area contributed by atoms with Crippen LogP contribution in [0.15, 0.2) is 18.2 Å². The molecule has 0 aliphatic heterocycles. The van der Waals surface area contributed by atoms with E-state index in [9.17, 15) is 4.79 Å². The van der Waals surface area contributed by atoms with Crippen LogP contribution in [-0.2, 0) is 0 Å². The standard InChI is InChI=1S/C12H14Br2O3/c1-16-9-4-3-5-10(17-2)12(9)8(15)6-7-11(13)14/h3-5,11H,6-7H2,1-2H3. The van der Waals surface area contributed by atoms with Crippen LogP contribution in [0, 0.1) is 0 Å². The summed E-state index contributed by atoms with van der Waals surface area (Å²) in [6.07, 6.45) is 1.14. The van der Waals surface area contributed by atoms with E-state index in [-0.39, 0.29) is 9.52 Å². The first-order valence-corrected chi connectivity index (χ1v) is 6.95. The van der Waals surface area contributed by atoms with Crippen molar-refractivity contribution >= 4 is 37.6 Å². The van der Waals surface area contributed by atoms with Crippen molar-refractivity contribution in [3.63, 3.8) is 0 Å². The Balaban J connectivity index is 2.97. The number of rotatable bonds is 6. The smallest absolute Gasteiger partial charge is 0.170 e. The summed E-state index contributed by atoms with van der Waals surface area (Å²) in [5.41, 5.74) is 0.512. The van der Waals surface area contributed by atoms with Crippen LogP contribution in [0.3, 0.4) is 0 Å². The molecule has 1 aromatic rings. The van der Waals surface area contributed by atoms with E-state index in [2.05, 4.69) is 31.9 Å². The van der Waals surface area contributed by atoms with E-state index in [1.54, 1.807) is 32.4 Å². The topological polar surface area (TPSA) is 35.5 Å². The van der Waals surface area contributed by atoms with E-state index >= 15 is 0 Å². The van der Waals surface area contributed by atoms with E-state index in [0.29, 0.717) is 29.9 Å². The van der Waals surface area contributed by atoms with Gasteiger partial charge in [-0.2, -0.15) is 0 Å². The first kappa shape index (κ1) is 14.5. The molecule has 0 N–H and O–H groups in total. The highest BCUT2D eigenvalue weighted by Gasteiger charge is 2.18. The fraction of sp³-hybridized carbons (Fsp3) is 0.417. The molecule has 5 heteroatoms.